The molecular weight excluding hydrogens is 907 g/mol. The maximum atomic E-state index is 13.9. The van der Waals surface area contributed by atoms with E-state index in [4.69, 9.17) is 0 Å². The van der Waals surface area contributed by atoms with Gasteiger partial charge in [-0.3, -0.25) is 53.4 Å². The summed E-state index contributed by atoms with van der Waals surface area (Å²) in [6.07, 6.45) is 3.55. The molecule has 4 aromatic rings. The minimum absolute atomic E-state index is 0.0186. The van der Waals surface area contributed by atoms with Gasteiger partial charge in [0.2, 0.25) is 23.6 Å². The zero-order valence-electron chi connectivity index (χ0n) is 37.5. The molecule has 1 spiro atoms. The van der Waals surface area contributed by atoms with E-state index in [1.54, 1.807) is 42.7 Å². The van der Waals surface area contributed by atoms with Gasteiger partial charge in [0, 0.05) is 43.5 Å². The number of hydrogen-bond acceptors (Lipinski definition) is 10. The first kappa shape index (κ1) is 48.0. The van der Waals surface area contributed by atoms with Crippen molar-refractivity contribution in [3.63, 3.8) is 0 Å². The molecule has 8 rings (SSSR count). The van der Waals surface area contributed by atoms with Crippen LogP contribution in [0.25, 0.3) is 11.1 Å². The third-order valence-corrected chi connectivity index (χ3v) is 13.0. The molecule has 2 fully saturated rings. The standard InChI is InChI=1S/C48H49F4N9O8/c1-28(48(50,51)52)59(24-29-7-10-33(49)11-8-29)41(64)27-60-45(68)47(57-46(60)69)18-17-31-21-30(9-14-37(31)47)32-23-55-58(25-32)26-40(63)54-20-6-4-2-3-5-19-53-34-12-13-35-36(22-34)44(67)61(43(35)66)38-15-16-39(62)56-42(38)65/h7-14,21-23,25,28,38,53H,2-6,15-20,24,26-27H2,1H3,(H,54,63)(H,57,69)(H,56,62,65)/t28-,38?,47-/m0/s1. The van der Waals surface area contributed by atoms with Gasteiger partial charge in [0.15, 0.2) is 0 Å². The Kier molecular flexibility index (Phi) is 13.7. The second-order valence-electron chi connectivity index (χ2n) is 17.6. The number of urea groups is 1. The molecule has 21 heteroatoms. The van der Waals surface area contributed by atoms with E-state index in [1.165, 1.54) is 16.8 Å². The molecule has 9 amide bonds. The number of piperidine rings is 1. The summed E-state index contributed by atoms with van der Waals surface area (Å²) < 4.78 is 56.6. The quantitative estimate of drug-likeness (QED) is 0.0457. The van der Waals surface area contributed by atoms with Crippen LogP contribution in [0.2, 0.25) is 0 Å². The summed E-state index contributed by atoms with van der Waals surface area (Å²) in [6, 6.07) is 10.6. The van der Waals surface area contributed by atoms with Crippen molar-refractivity contribution >= 4 is 53.1 Å². The van der Waals surface area contributed by atoms with Gasteiger partial charge in [0.25, 0.3) is 17.7 Å². The van der Waals surface area contributed by atoms with Crippen LogP contribution in [0.1, 0.15) is 95.7 Å². The maximum absolute atomic E-state index is 13.9. The molecule has 3 aromatic carbocycles. The van der Waals surface area contributed by atoms with E-state index in [1.807, 2.05) is 6.07 Å². The lowest BCUT2D eigenvalue weighted by Crippen LogP contribution is -2.54. The second-order valence-corrected chi connectivity index (χ2v) is 17.6. The Labute approximate surface area is 392 Å². The summed E-state index contributed by atoms with van der Waals surface area (Å²) in [6.45, 7) is 0.442. The molecule has 17 nitrogen and oxygen atoms in total. The fraction of sp³-hybridized carbons (Fsp3) is 0.396. The van der Waals surface area contributed by atoms with E-state index in [9.17, 15) is 55.9 Å². The average molecular weight is 956 g/mol. The van der Waals surface area contributed by atoms with Crippen LogP contribution in [0, 0.1) is 5.82 Å². The zero-order valence-corrected chi connectivity index (χ0v) is 37.5. The van der Waals surface area contributed by atoms with Crippen LogP contribution in [-0.4, -0.2) is 110 Å². The zero-order chi connectivity index (χ0) is 49.2. The first-order valence-corrected chi connectivity index (χ1v) is 22.7. The number of alkyl halides is 3. The van der Waals surface area contributed by atoms with E-state index in [0.717, 1.165) is 67.2 Å². The van der Waals surface area contributed by atoms with Gasteiger partial charge >= 0.3 is 12.2 Å². The monoisotopic (exact) mass is 955 g/mol. The molecule has 0 bridgehead atoms. The van der Waals surface area contributed by atoms with Crippen LogP contribution >= 0.6 is 0 Å². The van der Waals surface area contributed by atoms with E-state index in [2.05, 4.69) is 26.4 Å². The summed E-state index contributed by atoms with van der Waals surface area (Å²) in [7, 11) is 0. The molecule has 1 aliphatic carbocycles. The molecule has 0 radical (unpaired) electrons. The fourth-order valence-electron chi connectivity index (χ4n) is 9.23. The predicted molar refractivity (Wildman–Crippen MR) is 238 cm³/mol. The maximum Gasteiger partial charge on any atom is 0.408 e. The molecular formula is C48H49F4N9O8. The Morgan fingerprint density at radius 2 is 1.59 bits per heavy atom. The summed E-state index contributed by atoms with van der Waals surface area (Å²) in [4.78, 5) is 105. The molecule has 4 heterocycles. The SMILES string of the molecule is C[C@H](N(Cc1ccc(F)cc1)C(=O)CN1C(=O)N[C@]2(CCc3cc(-c4cnn(CC(=O)NCCCCCCCNc5ccc6c(c5)C(=O)N(C5CCC(=O)NC5=O)C6=O)c4)ccc32)C1=O)C(F)(F)F. The predicted octanol–water partition coefficient (Wildman–Crippen LogP) is 4.94. The number of aryl methyl sites for hydroxylation is 1. The van der Waals surface area contributed by atoms with Gasteiger partial charge in [0.05, 0.1) is 17.3 Å². The number of unbranched alkanes of at least 4 members (excludes halogenated alkanes) is 4. The number of imide groups is 3. The molecule has 4 N–H and O–H groups in total. The van der Waals surface area contributed by atoms with E-state index >= 15 is 0 Å². The van der Waals surface area contributed by atoms with Crippen LogP contribution in [-0.2, 0) is 49.0 Å². The number of aromatic nitrogens is 2. The number of anilines is 1. The first-order valence-electron chi connectivity index (χ1n) is 22.7. The Morgan fingerprint density at radius 1 is 0.870 bits per heavy atom. The highest BCUT2D eigenvalue weighted by Gasteiger charge is 2.56. The number of rotatable bonds is 18. The van der Waals surface area contributed by atoms with Gasteiger partial charge in [-0.15, -0.1) is 0 Å². The number of benzene rings is 3. The summed E-state index contributed by atoms with van der Waals surface area (Å²) in [5.74, 6) is -4.89. The largest absolute Gasteiger partial charge is 0.408 e. The van der Waals surface area contributed by atoms with Gasteiger partial charge in [-0.1, -0.05) is 49.6 Å². The highest BCUT2D eigenvalue weighted by Crippen LogP contribution is 2.43. The number of fused-ring (bicyclic) bond motifs is 3. The Balaban J connectivity index is 0.759. The molecule has 1 aromatic heterocycles. The topological polar surface area (TPSA) is 212 Å². The number of carbonyl (C=O) groups excluding carboxylic acids is 8. The van der Waals surface area contributed by atoms with Gasteiger partial charge in [0.1, 0.15) is 36.5 Å². The van der Waals surface area contributed by atoms with Crippen LogP contribution in [0.4, 0.5) is 28.0 Å². The minimum atomic E-state index is -4.82. The van der Waals surface area contributed by atoms with Gasteiger partial charge in [-0.2, -0.15) is 18.3 Å². The number of nitrogens with one attached hydrogen (secondary N) is 4. The molecule has 3 aliphatic heterocycles. The summed E-state index contributed by atoms with van der Waals surface area (Å²) in [5.41, 5.74) is 2.52. The lowest BCUT2D eigenvalue weighted by Gasteiger charge is -2.32. The number of nitrogens with zero attached hydrogens (tertiary/aromatic N) is 5. The molecule has 3 atom stereocenters. The highest BCUT2D eigenvalue weighted by molar-refractivity contribution is 6.23. The average Bonchev–Trinajstić information content (AvgIpc) is 4.05. The van der Waals surface area contributed by atoms with Crippen molar-refractivity contribution in [3.8, 4) is 11.1 Å². The van der Waals surface area contributed by atoms with Crippen molar-refractivity contribution in [2.24, 2.45) is 0 Å². The van der Waals surface area contributed by atoms with E-state index in [0.29, 0.717) is 46.1 Å². The molecule has 4 aliphatic rings. The Morgan fingerprint density at radius 3 is 2.33 bits per heavy atom. The van der Waals surface area contributed by atoms with Crippen molar-refractivity contribution in [2.45, 2.75) is 102 Å². The van der Waals surface area contributed by atoms with E-state index in [-0.39, 0.29) is 48.4 Å². The van der Waals surface area contributed by atoms with Crippen LogP contribution in [0.5, 0.6) is 0 Å². The van der Waals surface area contributed by atoms with Crippen molar-refractivity contribution < 1.29 is 55.9 Å². The minimum Gasteiger partial charge on any atom is -0.385 e. The highest BCUT2D eigenvalue weighted by atomic mass is 19.4. The molecule has 2 saturated heterocycles. The van der Waals surface area contributed by atoms with Crippen molar-refractivity contribution in [1.29, 1.82) is 0 Å². The summed E-state index contributed by atoms with van der Waals surface area (Å²) >= 11 is 0. The van der Waals surface area contributed by atoms with Crippen molar-refractivity contribution in [2.75, 3.05) is 25.0 Å². The fourth-order valence-corrected chi connectivity index (χ4v) is 9.23. The number of carbonyl (C=O) groups is 8. The van der Waals surface area contributed by atoms with Crippen LogP contribution in [0.3, 0.4) is 0 Å². The molecule has 69 heavy (non-hydrogen) atoms. The normalized spacial score (nSPS) is 19.2. The molecule has 362 valence electrons. The smallest absolute Gasteiger partial charge is 0.385 e. The molecule has 0 saturated carbocycles. The molecule has 1 unspecified atom stereocenters. The van der Waals surface area contributed by atoms with Crippen LogP contribution in [0.15, 0.2) is 73.1 Å². The van der Waals surface area contributed by atoms with Crippen molar-refractivity contribution in [1.82, 2.24) is 40.4 Å². The van der Waals surface area contributed by atoms with Gasteiger partial charge < -0.3 is 20.9 Å². The Hall–Kier alpha value is -7.45. The number of halogens is 4. The summed E-state index contributed by atoms with van der Waals surface area (Å²) in [5, 5.41) is 15.4. The van der Waals surface area contributed by atoms with Gasteiger partial charge in [-0.05, 0) is 91.6 Å². The second kappa shape index (κ2) is 19.6. The lowest BCUT2D eigenvalue weighted by molar-refractivity contribution is -0.187. The number of amides is 9. The third kappa shape index (κ3) is 10.1. The first-order chi connectivity index (χ1) is 32.9. The van der Waals surface area contributed by atoms with E-state index < -0.39 is 84.2 Å². The van der Waals surface area contributed by atoms with Crippen LogP contribution < -0.4 is 21.3 Å². The Bertz CT molecular complexity index is 2730. The van der Waals surface area contributed by atoms with Crippen molar-refractivity contribution in [3.05, 3.63) is 107 Å². The number of hydrogen-bond donors (Lipinski definition) is 4. The van der Waals surface area contributed by atoms with Gasteiger partial charge in [-0.25, -0.2) is 9.18 Å². The lowest BCUT2D eigenvalue weighted by atomic mass is 9.90. The third-order valence-electron chi connectivity index (χ3n) is 13.0.